The number of carbonyl (C=O) groups excluding carboxylic acids is 2. The van der Waals surface area contributed by atoms with Crippen LogP contribution in [0.5, 0.6) is 0 Å². The maximum Gasteiger partial charge on any atom is 0.306 e. The van der Waals surface area contributed by atoms with Gasteiger partial charge in [-0.15, -0.1) is 0 Å². The average molecular weight is 990 g/mol. The van der Waals surface area contributed by atoms with E-state index in [-0.39, 0.29) is 26.1 Å². The van der Waals surface area contributed by atoms with Crippen LogP contribution < -0.4 is 4.89 Å². The molecule has 0 aliphatic heterocycles. The summed E-state index contributed by atoms with van der Waals surface area (Å²) in [6.07, 6.45) is 73.2. The molecular formula is C60H96NO8P. The summed E-state index contributed by atoms with van der Waals surface area (Å²) < 4.78 is 34.0. The van der Waals surface area contributed by atoms with Crippen LogP contribution >= 0.6 is 7.82 Å². The zero-order valence-corrected chi connectivity index (χ0v) is 45.3. The zero-order valence-electron chi connectivity index (χ0n) is 44.4. The van der Waals surface area contributed by atoms with Crippen LogP contribution in [0.15, 0.2) is 146 Å². The maximum absolute atomic E-state index is 12.8. The summed E-state index contributed by atoms with van der Waals surface area (Å²) in [6.45, 7) is 3.91. The molecule has 2 unspecified atom stereocenters. The Morgan fingerprint density at radius 2 is 0.771 bits per heavy atom. The fraction of sp³-hybridized carbons (Fsp3) is 0.567. The molecule has 0 aromatic heterocycles. The molecule has 0 saturated carbocycles. The molecule has 9 nitrogen and oxygen atoms in total. The van der Waals surface area contributed by atoms with E-state index < -0.39 is 32.5 Å². The van der Waals surface area contributed by atoms with E-state index in [1.54, 1.807) is 0 Å². The van der Waals surface area contributed by atoms with E-state index in [0.29, 0.717) is 23.9 Å². The lowest BCUT2D eigenvalue weighted by Crippen LogP contribution is -2.37. The van der Waals surface area contributed by atoms with Gasteiger partial charge >= 0.3 is 11.9 Å². The van der Waals surface area contributed by atoms with Crippen molar-refractivity contribution in [1.82, 2.24) is 0 Å². The van der Waals surface area contributed by atoms with Gasteiger partial charge in [0.15, 0.2) is 6.10 Å². The Kier molecular flexibility index (Phi) is 46.9. The van der Waals surface area contributed by atoms with Gasteiger partial charge in [0.1, 0.15) is 19.8 Å². The lowest BCUT2D eigenvalue weighted by molar-refractivity contribution is -0.870. The number of likely N-dealkylation sites (N-methyl/N-ethyl adjacent to an activating group) is 1. The predicted octanol–water partition coefficient (Wildman–Crippen LogP) is 15.7. The number of phosphoric acid groups is 1. The summed E-state index contributed by atoms with van der Waals surface area (Å²) >= 11 is 0. The largest absolute Gasteiger partial charge is 0.756 e. The van der Waals surface area contributed by atoms with Gasteiger partial charge in [-0.2, -0.15) is 0 Å². The Bertz CT molecular complexity index is 1690. The topological polar surface area (TPSA) is 111 Å². The molecule has 0 aromatic carbocycles. The van der Waals surface area contributed by atoms with E-state index in [4.69, 9.17) is 18.5 Å². The maximum atomic E-state index is 12.8. The Morgan fingerprint density at radius 3 is 1.16 bits per heavy atom. The van der Waals surface area contributed by atoms with Gasteiger partial charge in [0, 0.05) is 12.8 Å². The first-order valence-electron chi connectivity index (χ1n) is 26.5. The first kappa shape index (κ1) is 65.9. The molecule has 0 aliphatic carbocycles. The Balaban J connectivity index is 4.34. The van der Waals surface area contributed by atoms with Gasteiger partial charge in [0.2, 0.25) is 0 Å². The Morgan fingerprint density at radius 1 is 0.443 bits per heavy atom. The molecule has 0 rings (SSSR count). The molecule has 10 heteroatoms. The monoisotopic (exact) mass is 990 g/mol. The van der Waals surface area contributed by atoms with Crippen molar-refractivity contribution in [2.75, 3.05) is 47.5 Å². The van der Waals surface area contributed by atoms with Crippen LogP contribution in [0.4, 0.5) is 0 Å². The van der Waals surface area contributed by atoms with Gasteiger partial charge in [0.25, 0.3) is 7.82 Å². The van der Waals surface area contributed by atoms with Crippen LogP contribution in [-0.4, -0.2) is 70.0 Å². The number of hydrogen-bond acceptors (Lipinski definition) is 8. The highest BCUT2D eigenvalue weighted by Crippen LogP contribution is 2.38. The number of carbonyl (C=O) groups is 2. The van der Waals surface area contributed by atoms with E-state index in [0.717, 1.165) is 128 Å². The third-order valence-corrected chi connectivity index (χ3v) is 11.3. The molecule has 0 aliphatic rings. The van der Waals surface area contributed by atoms with Crippen molar-refractivity contribution in [3.63, 3.8) is 0 Å². The second kappa shape index (κ2) is 49.9. The van der Waals surface area contributed by atoms with Gasteiger partial charge in [-0.25, -0.2) is 0 Å². The van der Waals surface area contributed by atoms with Crippen LogP contribution in [0.3, 0.4) is 0 Å². The quantitative estimate of drug-likeness (QED) is 0.0195. The van der Waals surface area contributed by atoms with E-state index in [9.17, 15) is 19.0 Å². The van der Waals surface area contributed by atoms with E-state index in [1.807, 2.05) is 21.1 Å². The van der Waals surface area contributed by atoms with Crippen molar-refractivity contribution in [2.24, 2.45) is 0 Å². The van der Waals surface area contributed by atoms with Crippen molar-refractivity contribution in [3.8, 4) is 0 Å². The summed E-state index contributed by atoms with van der Waals surface area (Å²) in [5, 5.41) is 0. The molecular weight excluding hydrogens is 894 g/mol. The summed E-state index contributed by atoms with van der Waals surface area (Å²) in [5.41, 5.74) is 0. The number of rotatable bonds is 46. The summed E-state index contributed by atoms with van der Waals surface area (Å²) in [7, 11) is 1.10. The number of esters is 2. The molecule has 0 amide bonds. The fourth-order valence-electron chi connectivity index (χ4n) is 6.31. The summed E-state index contributed by atoms with van der Waals surface area (Å²) in [6, 6.07) is 0. The minimum absolute atomic E-state index is 0.0498. The van der Waals surface area contributed by atoms with Crippen molar-refractivity contribution >= 4 is 19.8 Å². The van der Waals surface area contributed by atoms with Gasteiger partial charge < -0.3 is 27.9 Å². The van der Waals surface area contributed by atoms with E-state index in [2.05, 4.69) is 160 Å². The van der Waals surface area contributed by atoms with Gasteiger partial charge in [-0.05, 0) is 116 Å². The second-order valence-electron chi connectivity index (χ2n) is 18.1. The van der Waals surface area contributed by atoms with Crippen LogP contribution in [-0.2, 0) is 32.7 Å². The van der Waals surface area contributed by atoms with Crippen LogP contribution in [0, 0.1) is 0 Å². The molecule has 0 aromatic rings. The molecule has 2 atom stereocenters. The number of hydrogen-bond donors (Lipinski definition) is 0. The van der Waals surface area contributed by atoms with Gasteiger partial charge in [0.05, 0.1) is 27.7 Å². The Labute approximate surface area is 427 Å². The third-order valence-electron chi connectivity index (χ3n) is 10.4. The third kappa shape index (κ3) is 53.2. The highest BCUT2D eigenvalue weighted by Gasteiger charge is 2.21. The smallest absolute Gasteiger partial charge is 0.306 e. The van der Waals surface area contributed by atoms with Crippen molar-refractivity contribution in [3.05, 3.63) is 146 Å². The van der Waals surface area contributed by atoms with E-state index >= 15 is 0 Å². The highest BCUT2D eigenvalue weighted by atomic mass is 31.2. The second-order valence-corrected chi connectivity index (χ2v) is 19.5. The molecule has 0 saturated heterocycles. The number of ether oxygens (including phenoxy) is 2. The van der Waals surface area contributed by atoms with Crippen molar-refractivity contribution in [1.29, 1.82) is 0 Å². The minimum Gasteiger partial charge on any atom is -0.756 e. The van der Waals surface area contributed by atoms with Crippen molar-refractivity contribution in [2.45, 2.75) is 174 Å². The molecule has 0 N–H and O–H groups in total. The number of nitrogens with zero attached hydrogens (tertiary/aromatic N) is 1. The number of allylic oxidation sites excluding steroid dienone is 24. The van der Waals surface area contributed by atoms with Gasteiger partial charge in [-0.1, -0.05) is 185 Å². The van der Waals surface area contributed by atoms with E-state index in [1.165, 1.54) is 0 Å². The number of unbranched alkanes of at least 4 members (excludes halogenated alkanes) is 8. The first-order valence-corrected chi connectivity index (χ1v) is 28.0. The van der Waals surface area contributed by atoms with Crippen LogP contribution in [0.1, 0.15) is 168 Å². The highest BCUT2D eigenvalue weighted by molar-refractivity contribution is 7.45. The van der Waals surface area contributed by atoms with Crippen molar-refractivity contribution < 1.29 is 42.1 Å². The SMILES string of the molecule is CC/C=C\C/C=C\C/C=C\C/C=C\C/C=C\C/C=C\C/C=C\C/C=C\C/C=C\CCCCCC(=O)OC(COC(=O)CCCCCCC/C=C\C/C=C\C/C=C\CC)COP(=O)([O-])OCC[N+](C)(C)C. The molecule has 70 heavy (non-hydrogen) atoms. The summed E-state index contributed by atoms with van der Waals surface area (Å²) in [5.74, 6) is -0.908. The van der Waals surface area contributed by atoms with Crippen LogP contribution in [0.2, 0.25) is 0 Å². The molecule has 394 valence electrons. The predicted molar refractivity (Wildman–Crippen MR) is 295 cm³/mol. The zero-order chi connectivity index (χ0) is 51.3. The lowest BCUT2D eigenvalue weighted by Gasteiger charge is -2.28. The summed E-state index contributed by atoms with van der Waals surface area (Å²) in [4.78, 5) is 37.7. The Hall–Kier alpha value is -4.11. The molecule has 0 bridgehead atoms. The first-order chi connectivity index (χ1) is 34.0. The fourth-order valence-corrected chi connectivity index (χ4v) is 7.04. The minimum atomic E-state index is -4.66. The molecule has 0 fully saturated rings. The average Bonchev–Trinajstić information content (AvgIpc) is 3.32. The standard InChI is InChI=1S/C60H96NO8P/c1-6-8-10-12-14-16-18-20-22-23-24-25-26-27-28-29-30-31-32-33-34-35-36-37-39-41-43-45-47-49-51-53-60(63)69-58(57-68-70(64,65)67-55-54-61(3,4)5)56-66-59(62)52-50-48-46-44-42-40-38-21-19-17-15-13-11-9-7-2/h8-11,14-17,20-22,24-25,27-28,30-31,33-34,36-38,41,43,58H,6-7,12-13,18-19,23,26,29,32,35,39-40,42,44-57H2,1-5H3/b10-8-,11-9-,16-14-,17-15-,22-20-,25-24-,28-27-,31-30-,34-33-,37-36-,38-21-,43-41-. The molecule has 0 heterocycles. The molecule has 0 radical (unpaired) electrons. The normalized spacial score (nSPS) is 14.5. The number of quaternary nitrogens is 1. The number of phosphoric ester groups is 1. The molecule has 0 spiro atoms. The lowest BCUT2D eigenvalue weighted by atomic mass is 10.1. The van der Waals surface area contributed by atoms with Crippen LogP contribution in [0.25, 0.3) is 0 Å². The van der Waals surface area contributed by atoms with Gasteiger partial charge in [-0.3, -0.25) is 14.2 Å².